The van der Waals surface area contributed by atoms with Crippen molar-refractivity contribution in [2.75, 3.05) is 50.8 Å². The van der Waals surface area contributed by atoms with E-state index in [1.165, 1.54) is 5.69 Å². The zero-order valence-electron chi connectivity index (χ0n) is 13.4. The molecule has 0 saturated carbocycles. The van der Waals surface area contributed by atoms with E-state index in [0.29, 0.717) is 0 Å². The van der Waals surface area contributed by atoms with Crippen molar-refractivity contribution < 1.29 is 5.11 Å². The Hall–Kier alpha value is -1.10. The van der Waals surface area contributed by atoms with Crippen LogP contribution in [0.25, 0.3) is 0 Å². The Morgan fingerprint density at radius 1 is 1.14 bits per heavy atom. The normalized spacial score (nSPS) is 19.5. The minimum atomic E-state index is -0.190. The van der Waals surface area contributed by atoms with Gasteiger partial charge in [-0.25, -0.2) is 0 Å². The highest BCUT2D eigenvalue weighted by Gasteiger charge is 2.27. The van der Waals surface area contributed by atoms with E-state index in [1.807, 2.05) is 0 Å². The van der Waals surface area contributed by atoms with Crippen LogP contribution >= 0.6 is 0 Å². The van der Waals surface area contributed by atoms with E-state index in [-0.39, 0.29) is 12.1 Å². The molecule has 1 aromatic rings. The largest absolute Gasteiger partial charge is 0.394 e. The van der Waals surface area contributed by atoms with Gasteiger partial charge in [0, 0.05) is 38.4 Å². The molecule has 0 aliphatic carbocycles. The molecule has 0 radical (unpaired) electrons. The summed E-state index contributed by atoms with van der Waals surface area (Å²) < 4.78 is 0. The zero-order valence-corrected chi connectivity index (χ0v) is 13.4. The van der Waals surface area contributed by atoms with Crippen molar-refractivity contribution in [2.45, 2.75) is 25.8 Å². The van der Waals surface area contributed by atoms with Gasteiger partial charge < -0.3 is 15.3 Å². The Balaban J connectivity index is 1.83. The lowest BCUT2D eigenvalue weighted by Gasteiger charge is -2.40. The highest BCUT2D eigenvalue weighted by Crippen LogP contribution is 2.16. The third kappa shape index (κ3) is 4.70. The van der Waals surface area contributed by atoms with Crippen LogP contribution in [0.3, 0.4) is 0 Å². The van der Waals surface area contributed by atoms with Crippen LogP contribution in [-0.4, -0.2) is 61.4 Å². The van der Waals surface area contributed by atoms with Crippen molar-refractivity contribution in [2.24, 2.45) is 0 Å². The number of nitrogens with zero attached hydrogens (tertiary/aromatic N) is 2. The van der Waals surface area contributed by atoms with Crippen molar-refractivity contribution >= 4 is 5.69 Å². The number of anilines is 1. The summed E-state index contributed by atoms with van der Waals surface area (Å²) in [6.45, 7) is 10.5. The smallest absolute Gasteiger partial charge is 0.0623 e. The van der Waals surface area contributed by atoms with E-state index in [0.717, 1.165) is 45.7 Å². The van der Waals surface area contributed by atoms with Crippen LogP contribution in [0.15, 0.2) is 30.3 Å². The van der Waals surface area contributed by atoms with Gasteiger partial charge in [0.05, 0.1) is 12.1 Å². The molecule has 4 heteroatoms. The van der Waals surface area contributed by atoms with E-state index in [1.54, 1.807) is 0 Å². The average molecular weight is 291 g/mol. The average Bonchev–Trinajstić information content (AvgIpc) is 2.54. The molecule has 1 heterocycles. The van der Waals surface area contributed by atoms with Crippen LogP contribution < -0.4 is 10.2 Å². The SMILES string of the molecule is CCCNC(C)(CO)CN1CCN(c2ccccc2)CC1. The molecule has 2 rings (SSSR count). The van der Waals surface area contributed by atoms with Crippen molar-refractivity contribution in [3.05, 3.63) is 30.3 Å². The van der Waals surface area contributed by atoms with E-state index in [4.69, 9.17) is 0 Å². The summed E-state index contributed by atoms with van der Waals surface area (Å²) in [5, 5.41) is 13.2. The topological polar surface area (TPSA) is 38.7 Å². The summed E-state index contributed by atoms with van der Waals surface area (Å²) in [4.78, 5) is 4.89. The number of rotatable bonds is 7. The lowest BCUT2D eigenvalue weighted by molar-refractivity contribution is 0.116. The van der Waals surface area contributed by atoms with E-state index in [2.05, 4.69) is 59.3 Å². The van der Waals surface area contributed by atoms with Crippen LogP contribution in [0, 0.1) is 0 Å². The van der Waals surface area contributed by atoms with Crippen molar-refractivity contribution in [3.63, 3.8) is 0 Å². The third-order valence-corrected chi connectivity index (χ3v) is 4.22. The molecule has 0 spiro atoms. The first-order chi connectivity index (χ1) is 10.2. The predicted molar refractivity (Wildman–Crippen MR) is 88.9 cm³/mol. The molecule has 1 atom stereocenters. The lowest BCUT2D eigenvalue weighted by Crippen LogP contribution is -2.57. The van der Waals surface area contributed by atoms with Gasteiger partial charge in [0.1, 0.15) is 0 Å². The molecule has 118 valence electrons. The zero-order chi connectivity index (χ0) is 15.1. The van der Waals surface area contributed by atoms with Gasteiger partial charge in [0.2, 0.25) is 0 Å². The van der Waals surface area contributed by atoms with Gasteiger partial charge in [0.25, 0.3) is 0 Å². The van der Waals surface area contributed by atoms with Gasteiger partial charge in [-0.3, -0.25) is 4.90 Å². The highest BCUT2D eigenvalue weighted by atomic mass is 16.3. The van der Waals surface area contributed by atoms with Crippen LogP contribution in [0.4, 0.5) is 5.69 Å². The fourth-order valence-corrected chi connectivity index (χ4v) is 2.89. The van der Waals surface area contributed by atoms with E-state index < -0.39 is 0 Å². The van der Waals surface area contributed by atoms with E-state index >= 15 is 0 Å². The molecular formula is C17H29N3O. The first-order valence-electron chi connectivity index (χ1n) is 8.05. The summed E-state index contributed by atoms with van der Waals surface area (Å²) in [6.07, 6.45) is 1.09. The number of nitrogens with one attached hydrogen (secondary N) is 1. The second-order valence-corrected chi connectivity index (χ2v) is 6.24. The monoisotopic (exact) mass is 291 g/mol. The molecular weight excluding hydrogens is 262 g/mol. The predicted octanol–water partition coefficient (Wildman–Crippen LogP) is 1.56. The summed E-state index contributed by atoms with van der Waals surface area (Å²) >= 11 is 0. The minimum absolute atomic E-state index is 0.186. The molecule has 0 bridgehead atoms. The maximum absolute atomic E-state index is 9.67. The molecule has 4 nitrogen and oxygen atoms in total. The molecule has 2 N–H and O–H groups in total. The Kier molecular flexibility index (Phi) is 6.03. The number of piperazine rings is 1. The number of aliphatic hydroxyl groups is 1. The molecule has 1 aliphatic heterocycles. The fourth-order valence-electron chi connectivity index (χ4n) is 2.89. The van der Waals surface area contributed by atoms with Crippen molar-refractivity contribution in [1.29, 1.82) is 0 Å². The molecule has 1 fully saturated rings. The lowest BCUT2D eigenvalue weighted by atomic mass is 10.0. The second-order valence-electron chi connectivity index (χ2n) is 6.24. The Morgan fingerprint density at radius 3 is 2.38 bits per heavy atom. The Morgan fingerprint density at radius 2 is 1.81 bits per heavy atom. The van der Waals surface area contributed by atoms with Gasteiger partial charge >= 0.3 is 0 Å². The van der Waals surface area contributed by atoms with E-state index in [9.17, 15) is 5.11 Å². The maximum Gasteiger partial charge on any atom is 0.0623 e. The Labute approximate surface area is 128 Å². The van der Waals surface area contributed by atoms with Gasteiger partial charge in [-0.1, -0.05) is 25.1 Å². The summed E-state index contributed by atoms with van der Waals surface area (Å²) in [5.41, 5.74) is 1.12. The fraction of sp³-hybridized carbons (Fsp3) is 0.647. The number of benzene rings is 1. The number of hydrogen-bond acceptors (Lipinski definition) is 4. The van der Waals surface area contributed by atoms with Crippen LogP contribution in [0.5, 0.6) is 0 Å². The van der Waals surface area contributed by atoms with Crippen molar-refractivity contribution in [3.8, 4) is 0 Å². The molecule has 21 heavy (non-hydrogen) atoms. The highest BCUT2D eigenvalue weighted by molar-refractivity contribution is 5.46. The molecule has 1 aliphatic rings. The molecule has 1 aromatic carbocycles. The van der Waals surface area contributed by atoms with Gasteiger partial charge in [-0.05, 0) is 32.0 Å². The van der Waals surface area contributed by atoms with Crippen LogP contribution in [0.1, 0.15) is 20.3 Å². The molecule has 0 aromatic heterocycles. The standard InChI is InChI=1S/C17H29N3O/c1-3-9-18-17(2,15-21)14-19-10-12-20(13-11-19)16-7-5-4-6-8-16/h4-8,18,21H,3,9-15H2,1-2H3. The molecule has 1 saturated heterocycles. The first kappa shape index (κ1) is 16.3. The van der Waals surface area contributed by atoms with Crippen LogP contribution in [0.2, 0.25) is 0 Å². The summed E-state index contributed by atoms with van der Waals surface area (Å²) in [7, 11) is 0. The molecule has 0 amide bonds. The number of hydrogen-bond donors (Lipinski definition) is 2. The number of aliphatic hydroxyl groups excluding tert-OH is 1. The van der Waals surface area contributed by atoms with Crippen molar-refractivity contribution in [1.82, 2.24) is 10.2 Å². The first-order valence-corrected chi connectivity index (χ1v) is 8.05. The number of para-hydroxylation sites is 1. The summed E-state index contributed by atoms with van der Waals surface area (Å²) in [6, 6.07) is 10.6. The summed E-state index contributed by atoms with van der Waals surface area (Å²) in [5.74, 6) is 0. The van der Waals surface area contributed by atoms with Gasteiger partial charge in [0.15, 0.2) is 0 Å². The second kappa shape index (κ2) is 7.78. The molecule has 1 unspecified atom stereocenters. The maximum atomic E-state index is 9.67. The minimum Gasteiger partial charge on any atom is -0.394 e. The Bertz CT molecular complexity index is 404. The van der Waals surface area contributed by atoms with Gasteiger partial charge in [-0.2, -0.15) is 0 Å². The van der Waals surface area contributed by atoms with Crippen LogP contribution in [-0.2, 0) is 0 Å². The third-order valence-electron chi connectivity index (χ3n) is 4.22. The van der Waals surface area contributed by atoms with Gasteiger partial charge in [-0.15, -0.1) is 0 Å². The quantitative estimate of drug-likeness (QED) is 0.800.